The van der Waals surface area contributed by atoms with Gasteiger partial charge >= 0.3 is 5.97 Å². The maximum absolute atomic E-state index is 10.9. The number of aliphatic carboxylic acids is 1. The molecule has 1 amide bonds. The van der Waals surface area contributed by atoms with Gasteiger partial charge in [0.1, 0.15) is 12.5 Å². The Kier molecular flexibility index (Phi) is 4.46. The summed E-state index contributed by atoms with van der Waals surface area (Å²) < 4.78 is 0. The predicted octanol–water partition coefficient (Wildman–Crippen LogP) is -0.263. The first kappa shape index (κ1) is 10.4. The van der Waals surface area contributed by atoms with Crippen LogP contribution < -0.4 is 5.32 Å². The minimum atomic E-state index is -1.16. The van der Waals surface area contributed by atoms with E-state index in [1.165, 1.54) is 0 Å². The van der Waals surface area contributed by atoms with Gasteiger partial charge in [0.25, 0.3) is 0 Å². The minimum absolute atomic E-state index is 0.150. The van der Waals surface area contributed by atoms with Crippen molar-refractivity contribution in [2.24, 2.45) is 5.92 Å². The lowest BCUT2D eigenvalue weighted by Gasteiger charge is -2.07. The van der Waals surface area contributed by atoms with Crippen LogP contribution in [-0.4, -0.2) is 23.5 Å². The molecule has 66 valence electrons. The number of nitrogens with one attached hydrogen (secondary N) is 1. The molecule has 5 nitrogen and oxygen atoms in total. The van der Waals surface area contributed by atoms with Crippen molar-refractivity contribution in [3.05, 3.63) is 0 Å². The van der Waals surface area contributed by atoms with E-state index >= 15 is 0 Å². The lowest BCUT2D eigenvalue weighted by atomic mass is 10.1. The van der Waals surface area contributed by atoms with E-state index in [1.54, 1.807) is 13.0 Å². The smallest absolute Gasteiger partial charge is 0.316 e. The third-order valence-electron chi connectivity index (χ3n) is 1.36. The zero-order chi connectivity index (χ0) is 9.56. The maximum Gasteiger partial charge on any atom is 0.316 e. The van der Waals surface area contributed by atoms with Gasteiger partial charge in [-0.1, -0.05) is 6.92 Å². The summed E-state index contributed by atoms with van der Waals surface area (Å²) in [5.41, 5.74) is 0. The van der Waals surface area contributed by atoms with Crippen LogP contribution in [0.25, 0.3) is 0 Å². The quantitative estimate of drug-likeness (QED) is 0.449. The van der Waals surface area contributed by atoms with Gasteiger partial charge in [-0.2, -0.15) is 5.26 Å². The van der Waals surface area contributed by atoms with E-state index in [9.17, 15) is 9.59 Å². The fraction of sp³-hybridized carbons (Fsp3) is 0.571. The zero-order valence-electron chi connectivity index (χ0n) is 6.70. The van der Waals surface area contributed by atoms with E-state index in [0.29, 0.717) is 0 Å². The number of carbonyl (C=O) groups is 2. The predicted molar refractivity (Wildman–Crippen MR) is 40.0 cm³/mol. The maximum atomic E-state index is 10.9. The highest BCUT2D eigenvalue weighted by molar-refractivity contribution is 5.96. The Bertz CT molecular complexity index is 219. The molecule has 0 saturated carbocycles. The highest BCUT2D eigenvalue weighted by Crippen LogP contribution is 2.01. The van der Waals surface area contributed by atoms with Crippen molar-refractivity contribution in [2.45, 2.75) is 13.3 Å². The molecule has 0 aliphatic carbocycles. The van der Waals surface area contributed by atoms with Crippen LogP contribution in [0.2, 0.25) is 0 Å². The summed E-state index contributed by atoms with van der Waals surface area (Å²) in [6, 6.07) is 1.69. The summed E-state index contributed by atoms with van der Waals surface area (Å²) in [6.45, 7) is 1.45. The molecule has 0 aromatic carbocycles. The lowest BCUT2D eigenvalue weighted by Crippen LogP contribution is -2.35. The van der Waals surface area contributed by atoms with Crippen LogP contribution in [0.15, 0.2) is 0 Å². The molecule has 0 radical (unpaired) electrons. The van der Waals surface area contributed by atoms with Gasteiger partial charge < -0.3 is 10.4 Å². The topological polar surface area (TPSA) is 90.2 Å². The third kappa shape index (κ3) is 3.01. The van der Waals surface area contributed by atoms with Gasteiger partial charge in [-0.3, -0.25) is 9.59 Å². The van der Waals surface area contributed by atoms with Crippen molar-refractivity contribution >= 4 is 11.9 Å². The van der Waals surface area contributed by atoms with Crippen molar-refractivity contribution in [3.8, 4) is 6.07 Å². The van der Waals surface area contributed by atoms with Gasteiger partial charge in [0.05, 0.1) is 6.07 Å². The summed E-state index contributed by atoms with van der Waals surface area (Å²) in [5, 5.41) is 18.8. The van der Waals surface area contributed by atoms with Crippen LogP contribution >= 0.6 is 0 Å². The number of carboxylic acid groups (broad SMARTS) is 1. The Morgan fingerprint density at radius 2 is 2.25 bits per heavy atom. The van der Waals surface area contributed by atoms with E-state index in [1.807, 2.05) is 0 Å². The van der Waals surface area contributed by atoms with Gasteiger partial charge in [0, 0.05) is 0 Å². The molecule has 12 heavy (non-hydrogen) atoms. The van der Waals surface area contributed by atoms with Gasteiger partial charge in [0.15, 0.2) is 0 Å². The van der Waals surface area contributed by atoms with E-state index in [0.717, 1.165) is 0 Å². The number of amides is 1. The summed E-state index contributed by atoms with van der Waals surface area (Å²) in [7, 11) is 0. The number of carbonyl (C=O) groups excluding carboxylic acids is 1. The van der Waals surface area contributed by atoms with Crippen molar-refractivity contribution in [1.29, 1.82) is 5.26 Å². The first-order chi connectivity index (χ1) is 5.63. The molecule has 0 aliphatic rings. The Labute approximate surface area is 70.0 Å². The Hall–Kier alpha value is -1.57. The van der Waals surface area contributed by atoms with Crippen LogP contribution in [0, 0.1) is 17.2 Å². The van der Waals surface area contributed by atoms with Gasteiger partial charge in [-0.15, -0.1) is 0 Å². The molecule has 1 atom stereocenters. The SMILES string of the molecule is CC[C@H](C(=O)O)C(=O)NCC#N. The molecular weight excluding hydrogens is 160 g/mol. The largest absolute Gasteiger partial charge is 0.481 e. The lowest BCUT2D eigenvalue weighted by molar-refractivity contribution is -0.147. The summed E-state index contributed by atoms with van der Waals surface area (Å²) >= 11 is 0. The van der Waals surface area contributed by atoms with Crippen LogP contribution in [0.3, 0.4) is 0 Å². The second-order valence-corrected chi connectivity index (χ2v) is 2.17. The Morgan fingerprint density at radius 1 is 1.67 bits per heavy atom. The van der Waals surface area contributed by atoms with E-state index in [-0.39, 0.29) is 13.0 Å². The molecule has 0 aromatic rings. The second kappa shape index (κ2) is 5.13. The molecule has 2 N–H and O–H groups in total. The van der Waals surface area contributed by atoms with Gasteiger partial charge in [-0.05, 0) is 6.42 Å². The number of hydrogen-bond acceptors (Lipinski definition) is 3. The van der Waals surface area contributed by atoms with Gasteiger partial charge in [0.2, 0.25) is 5.91 Å². The fourth-order valence-electron chi connectivity index (χ4n) is 0.722. The van der Waals surface area contributed by atoms with Crippen LogP contribution in [0.1, 0.15) is 13.3 Å². The van der Waals surface area contributed by atoms with Crippen molar-refractivity contribution in [3.63, 3.8) is 0 Å². The Morgan fingerprint density at radius 3 is 2.58 bits per heavy atom. The molecule has 0 fully saturated rings. The first-order valence-electron chi connectivity index (χ1n) is 3.51. The molecule has 0 unspecified atom stereocenters. The minimum Gasteiger partial charge on any atom is -0.481 e. The average molecular weight is 170 g/mol. The van der Waals surface area contributed by atoms with Gasteiger partial charge in [-0.25, -0.2) is 0 Å². The molecule has 0 rings (SSSR count). The number of nitrogens with zero attached hydrogens (tertiary/aromatic N) is 1. The average Bonchev–Trinajstić information content (AvgIpc) is 2.01. The van der Waals surface area contributed by atoms with E-state index < -0.39 is 17.8 Å². The highest BCUT2D eigenvalue weighted by atomic mass is 16.4. The molecule has 0 saturated heterocycles. The molecule has 0 aromatic heterocycles. The third-order valence-corrected chi connectivity index (χ3v) is 1.36. The molecule has 0 spiro atoms. The first-order valence-corrected chi connectivity index (χ1v) is 3.51. The summed E-state index contributed by atoms with van der Waals surface area (Å²) in [4.78, 5) is 21.3. The summed E-state index contributed by atoms with van der Waals surface area (Å²) in [6.07, 6.45) is 0.229. The van der Waals surface area contributed by atoms with E-state index in [4.69, 9.17) is 10.4 Å². The number of nitriles is 1. The number of carboxylic acids is 1. The molecule has 5 heteroatoms. The van der Waals surface area contributed by atoms with Crippen molar-refractivity contribution < 1.29 is 14.7 Å². The Balaban J connectivity index is 4.05. The molecular formula is C7H10N2O3. The van der Waals surface area contributed by atoms with Crippen molar-refractivity contribution in [2.75, 3.05) is 6.54 Å². The zero-order valence-corrected chi connectivity index (χ0v) is 6.70. The second-order valence-electron chi connectivity index (χ2n) is 2.17. The molecule has 0 bridgehead atoms. The number of rotatable bonds is 4. The number of hydrogen-bond donors (Lipinski definition) is 2. The van der Waals surface area contributed by atoms with Crippen molar-refractivity contribution in [1.82, 2.24) is 5.32 Å². The van der Waals surface area contributed by atoms with Crippen LogP contribution in [0.4, 0.5) is 0 Å². The normalized spacial score (nSPS) is 11.3. The summed E-state index contributed by atoms with van der Waals surface area (Å²) in [5.74, 6) is -2.81. The molecule has 0 heterocycles. The van der Waals surface area contributed by atoms with E-state index in [2.05, 4.69) is 5.32 Å². The highest BCUT2D eigenvalue weighted by Gasteiger charge is 2.23. The van der Waals surface area contributed by atoms with Crippen LogP contribution in [-0.2, 0) is 9.59 Å². The standard InChI is InChI=1S/C7H10N2O3/c1-2-5(7(11)12)6(10)9-4-3-8/h5H,2,4H2,1H3,(H,9,10)(H,11,12)/t5-/m0/s1. The van der Waals surface area contributed by atoms with Crippen LogP contribution in [0.5, 0.6) is 0 Å². The molecule has 0 aliphatic heterocycles. The monoisotopic (exact) mass is 170 g/mol. The fourth-order valence-corrected chi connectivity index (χ4v) is 0.722.